The second-order valence-corrected chi connectivity index (χ2v) is 9.84. The number of rotatable bonds is 9. The zero-order valence-electron chi connectivity index (χ0n) is 18.6. The second-order valence-electron chi connectivity index (χ2n) is 8.07. The van der Waals surface area contributed by atoms with Crippen molar-refractivity contribution in [2.75, 3.05) is 6.54 Å². The SMILES string of the molecule is Cl.O=C(Oc1ccc(S(=O)(=O)NCCc2ccccn2)cc1)C1(c2ccc([N+](=O)[O-])cc2)CCC1. The summed E-state index contributed by atoms with van der Waals surface area (Å²) in [4.78, 5) is 27.6. The first kappa shape index (κ1) is 26.3. The van der Waals surface area contributed by atoms with Crippen LogP contribution >= 0.6 is 12.4 Å². The van der Waals surface area contributed by atoms with Crippen molar-refractivity contribution in [1.82, 2.24) is 9.71 Å². The van der Waals surface area contributed by atoms with Gasteiger partial charge in [-0.2, -0.15) is 0 Å². The van der Waals surface area contributed by atoms with Crippen molar-refractivity contribution in [3.8, 4) is 5.75 Å². The van der Waals surface area contributed by atoms with Gasteiger partial charge in [0, 0.05) is 37.0 Å². The highest BCUT2D eigenvalue weighted by Gasteiger charge is 2.47. The van der Waals surface area contributed by atoms with Gasteiger partial charge in [-0.3, -0.25) is 19.9 Å². The molecule has 11 heteroatoms. The van der Waals surface area contributed by atoms with Gasteiger partial charge in [-0.25, -0.2) is 13.1 Å². The molecule has 1 saturated carbocycles. The Kier molecular flexibility index (Phi) is 8.21. The number of benzene rings is 2. The van der Waals surface area contributed by atoms with Crippen molar-refractivity contribution in [2.24, 2.45) is 0 Å². The van der Waals surface area contributed by atoms with Crippen molar-refractivity contribution < 1.29 is 22.9 Å². The van der Waals surface area contributed by atoms with Crippen molar-refractivity contribution in [1.29, 1.82) is 0 Å². The maximum Gasteiger partial charge on any atom is 0.321 e. The van der Waals surface area contributed by atoms with Gasteiger partial charge in [-0.1, -0.05) is 24.6 Å². The lowest BCUT2D eigenvalue weighted by atomic mass is 9.64. The lowest BCUT2D eigenvalue weighted by Crippen LogP contribution is -2.45. The molecule has 1 aliphatic rings. The fraction of sp³-hybridized carbons (Fsp3) is 0.250. The van der Waals surface area contributed by atoms with Crippen LogP contribution in [0, 0.1) is 10.1 Å². The molecule has 1 fully saturated rings. The highest BCUT2D eigenvalue weighted by atomic mass is 35.5. The molecular weight excluding hydrogens is 494 g/mol. The minimum atomic E-state index is -3.72. The number of halogens is 1. The largest absolute Gasteiger partial charge is 0.426 e. The summed E-state index contributed by atoms with van der Waals surface area (Å²) in [6, 6.07) is 17.0. The van der Waals surface area contributed by atoms with E-state index in [1.807, 2.05) is 12.1 Å². The summed E-state index contributed by atoms with van der Waals surface area (Å²) in [6.07, 6.45) is 4.11. The van der Waals surface area contributed by atoms with Crippen LogP contribution in [0.15, 0.2) is 77.8 Å². The molecule has 2 aromatic carbocycles. The van der Waals surface area contributed by atoms with Gasteiger partial charge < -0.3 is 4.74 Å². The second kappa shape index (κ2) is 10.9. The molecule has 0 amide bonds. The molecule has 1 N–H and O–H groups in total. The average Bonchev–Trinajstić information content (AvgIpc) is 2.80. The number of sulfonamides is 1. The number of hydrogen-bond acceptors (Lipinski definition) is 7. The molecule has 1 heterocycles. The number of ether oxygens (including phenoxy) is 1. The van der Waals surface area contributed by atoms with E-state index in [1.54, 1.807) is 24.4 Å². The quantitative estimate of drug-likeness (QED) is 0.197. The fourth-order valence-corrected chi connectivity index (χ4v) is 4.91. The van der Waals surface area contributed by atoms with E-state index >= 15 is 0 Å². The Morgan fingerprint density at radius 1 is 1.06 bits per heavy atom. The number of nitro groups is 1. The molecule has 0 spiro atoms. The minimum Gasteiger partial charge on any atom is -0.426 e. The maximum atomic E-state index is 13.0. The Morgan fingerprint density at radius 3 is 2.29 bits per heavy atom. The van der Waals surface area contributed by atoms with E-state index in [2.05, 4.69) is 9.71 Å². The van der Waals surface area contributed by atoms with Crippen molar-refractivity contribution in [3.05, 3.63) is 94.3 Å². The van der Waals surface area contributed by atoms with Crippen LogP contribution < -0.4 is 9.46 Å². The smallest absolute Gasteiger partial charge is 0.321 e. The summed E-state index contributed by atoms with van der Waals surface area (Å²) in [7, 11) is -3.72. The Labute approximate surface area is 209 Å². The van der Waals surface area contributed by atoms with Gasteiger partial charge in [0.1, 0.15) is 5.75 Å². The summed E-state index contributed by atoms with van der Waals surface area (Å²) in [5.74, 6) is -0.234. The number of nitrogens with one attached hydrogen (secondary N) is 1. The monoisotopic (exact) mass is 517 g/mol. The van der Waals surface area contributed by atoms with Crippen LogP contribution in [0.5, 0.6) is 5.75 Å². The number of pyridine rings is 1. The van der Waals surface area contributed by atoms with Crippen LogP contribution in [-0.4, -0.2) is 30.8 Å². The molecule has 3 aromatic rings. The van der Waals surface area contributed by atoms with Gasteiger partial charge in [-0.05, 0) is 54.8 Å². The molecule has 0 radical (unpaired) electrons. The Balaban J connectivity index is 0.00000342. The van der Waals surface area contributed by atoms with Gasteiger partial charge in [0.25, 0.3) is 5.69 Å². The van der Waals surface area contributed by atoms with Crippen LogP contribution in [-0.2, 0) is 26.7 Å². The number of non-ortho nitro benzene ring substituents is 1. The van der Waals surface area contributed by atoms with Crippen molar-refractivity contribution in [3.63, 3.8) is 0 Å². The highest BCUT2D eigenvalue weighted by molar-refractivity contribution is 7.89. The minimum absolute atomic E-state index is 0. The third-order valence-electron chi connectivity index (χ3n) is 5.97. The van der Waals surface area contributed by atoms with Crippen molar-refractivity contribution >= 4 is 34.1 Å². The molecule has 35 heavy (non-hydrogen) atoms. The van der Waals surface area contributed by atoms with Gasteiger partial charge in [0.15, 0.2) is 0 Å². The molecule has 184 valence electrons. The van der Waals surface area contributed by atoms with E-state index < -0.39 is 26.3 Å². The molecule has 4 rings (SSSR count). The lowest BCUT2D eigenvalue weighted by molar-refractivity contribution is -0.384. The maximum absolute atomic E-state index is 13.0. The van der Waals surface area contributed by atoms with Gasteiger partial charge in [0.2, 0.25) is 10.0 Å². The van der Waals surface area contributed by atoms with E-state index in [1.165, 1.54) is 36.4 Å². The van der Waals surface area contributed by atoms with E-state index in [-0.39, 0.29) is 35.3 Å². The first-order valence-electron chi connectivity index (χ1n) is 10.8. The number of carbonyl (C=O) groups is 1. The van der Waals surface area contributed by atoms with Crippen LogP contribution in [0.2, 0.25) is 0 Å². The Bertz CT molecular complexity index is 1280. The lowest BCUT2D eigenvalue weighted by Gasteiger charge is -2.39. The summed E-state index contributed by atoms with van der Waals surface area (Å²) in [5, 5.41) is 10.9. The number of nitro benzene ring substituents is 1. The van der Waals surface area contributed by atoms with E-state index in [0.29, 0.717) is 24.8 Å². The molecule has 9 nitrogen and oxygen atoms in total. The number of esters is 1. The third-order valence-corrected chi connectivity index (χ3v) is 7.45. The first-order valence-corrected chi connectivity index (χ1v) is 12.3. The Hall–Kier alpha value is -3.34. The number of nitrogens with zero attached hydrogens (tertiary/aromatic N) is 2. The Morgan fingerprint density at radius 2 is 1.74 bits per heavy atom. The average molecular weight is 518 g/mol. The van der Waals surface area contributed by atoms with E-state index in [0.717, 1.165) is 12.1 Å². The summed E-state index contributed by atoms with van der Waals surface area (Å²) in [6.45, 7) is 0.202. The van der Waals surface area contributed by atoms with Crippen LogP contribution in [0.4, 0.5) is 5.69 Å². The molecule has 0 saturated heterocycles. The third kappa shape index (κ3) is 5.84. The van der Waals surface area contributed by atoms with Crippen LogP contribution in [0.3, 0.4) is 0 Å². The molecule has 0 atom stereocenters. The van der Waals surface area contributed by atoms with Crippen LogP contribution in [0.1, 0.15) is 30.5 Å². The molecule has 1 aromatic heterocycles. The van der Waals surface area contributed by atoms with Gasteiger partial charge in [-0.15, -0.1) is 12.4 Å². The van der Waals surface area contributed by atoms with Gasteiger partial charge in [0.05, 0.1) is 15.2 Å². The van der Waals surface area contributed by atoms with Crippen molar-refractivity contribution in [2.45, 2.75) is 36.0 Å². The molecular formula is C24H24ClN3O6S. The number of carbonyl (C=O) groups excluding carboxylic acids is 1. The highest BCUT2D eigenvalue weighted by Crippen LogP contribution is 2.45. The summed E-state index contributed by atoms with van der Waals surface area (Å²) >= 11 is 0. The summed E-state index contributed by atoms with van der Waals surface area (Å²) < 4.78 is 33.2. The number of aromatic nitrogens is 1. The molecule has 0 unspecified atom stereocenters. The fourth-order valence-electron chi connectivity index (χ4n) is 3.88. The van der Waals surface area contributed by atoms with Crippen LogP contribution in [0.25, 0.3) is 0 Å². The normalized spacial score (nSPS) is 14.3. The summed E-state index contributed by atoms with van der Waals surface area (Å²) in [5.41, 5.74) is 0.556. The molecule has 0 bridgehead atoms. The number of hydrogen-bond donors (Lipinski definition) is 1. The predicted molar refractivity (Wildman–Crippen MR) is 131 cm³/mol. The van der Waals surface area contributed by atoms with E-state index in [9.17, 15) is 23.3 Å². The van der Waals surface area contributed by atoms with Gasteiger partial charge >= 0.3 is 5.97 Å². The predicted octanol–water partition coefficient (Wildman–Crippen LogP) is 3.96. The topological polar surface area (TPSA) is 128 Å². The zero-order chi connectivity index (χ0) is 24.2. The molecule has 1 aliphatic carbocycles. The standard InChI is InChI=1S/C24H23N3O6S.ClH/c28-23(24(14-3-15-24)18-5-7-20(8-6-18)27(29)30)33-21-9-11-22(12-10-21)34(31,32)26-17-13-19-4-1-2-16-25-19;/h1-2,4-12,16,26H,3,13-15,17H2;1H. The molecule has 0 aliphatic heterocycles. The van der Waals surface area contributed by atoms with E-state index in [4.69, 9.17) is 4.74 Å². The first-order chi connectivity index (χ1) is 16.3. The zero-order valence-corrected chi connectivity index (χ0v) is 20.3.